The normalized spacial score (nSPS) is 26.8. The van der Waals surface area contributed by atoms with Crippen molar-refractivity contribution < 1.29 is 14.3 Å². The summed E-state index contributed by atoms with van der Waals surface area (Å²) in [6.07, 6.45) is 3.46. The third-order valence-corrected chi connectivity index (χ3v) is 5.15. The number of hydrogen-bond donors (Lipinski definition) is 1. The first-order valence-electron chi connectivity index (χ1n) is 8.75. The monoisotopic (exact) mass is 330 g/mol. The van der Waals surface area contributed by atoms with Gasteiger partial charge in [0.25, 0.3) is 5.91 Å². The van der Waals surface area contributed by atoms with Gasteiger partial charge in [0.15, 0.2) is 0 Å². The molecular formula is C19H26N2O3. The Balaban J connectivity index is 1.59. The third-order valence-electron chi connectivity index (χ3n) is 5.15. The van der Waals surface area contributed by atoms with Crippen LogP contribution in [0.1, 0.15) is 43.7 Å². The summed E-state index contributed by atoms with van der Waals surface area (Å²) in [6, 6.07) is 5.72. The molecule has 24 heavy (non-hydrogen) atoms. The maximum absolute atomic E-state index is 12.7. The molecule has 0 bridgehead atoms. The molecule has 1 saturated carbocycles. The van der Waals surface area contributed by atoms with Crippen molar-refractivity contribution in [3.63, 3.8) is 0 Å². The summed E-state index contributed by atoms with van der Waals surface area (Å²) >= 11 is 0. The predicted molar refractivity (Wildman–Crippen MR) is 92.0 cm³/mol. The molecule has 1 saturated heterocycles. The zero-order valence-corrected chi connectivity index (χ0v) is 14.7. The lowest BCUT2D eigenvalue weighted by atomic mass is 9.77. The molecular weight excluding hydrogens is 304 g/mol. The van der Waals surface area contributed by atoms with Gasteiger partial charge in [0.1, 0.15) is 17.9 Å². The van der Waals surface area contributed by atoms with E-state index in [1.807, 2.05) is 26.0 Å². The van der Waals surface area contributed by atoms with E-state index in [0.717, 1.165) is 42.6 Å². The number of amides is 3. The van der Waals surface area contributed by atoms with Gasteiger partial charge in [-0.25, -0.2) is 4.79 Å². The Morgan fingerprint density at radius 1 is 1.17 bits per heavy atom. The molecule has 0 radical (unpaired) electrons. The van der Waals surface area contributed by atoms with Crippen molar-refractivity contribution in [2.24, 2.45) is 5.92 Å². The molecule has 1 spiro atoms. The molecule has 1 N–H and O–H groups in total. The van der Waals surface area contributed by atoms with Gasteiger partial charge in [-0.2, -0.15) is 0 Å². The van der Waals surface area contributed by atoms with E-state index >= 15 is 0 Å². The summed E-state index contributed by atoms with van der Waals surface area (Å²) in [4.78, 5) is 26.3. The summed E-state index contributed by atoms with van der Waals surface area (Å²) in [5, 5.41) is 2.94. The number of carbonyl (C=O) groups is 2. The van der Waals surface area contributed by atoms with Crippen molar-refractivity contribution in [2.75, 3.05) is 13.2 Å². The Kier molecular flexibility index (Phi) is 4.52. The summed E-state index contributed by atoms with van der Waals surface area (Å²) in [5.41, 5.74) is 1.61. The van der Waals surface area contributed by atoms with E-state index in [1.165, 1.54) is 4.90 Å². The molecule has 1 aromatic carbocycles. The van der Waals surface area contributed by atoms with Crippen molar-refractivity contribution in [3.8, 4) is 5.75 Å². The number of carbonyl (C=O) groups excluding carboxylic acids is 2. The Morgan fingerprint density at radius 3 is 2.42 bits per heavy atom. The highest BCUT2D eigenvalue weighted by molar-refractivity contribution is 6.07. The highest BCUT2D eigenvalue weighted by Gasteiger charge is 2.51. The fourth-order valence-electron chi connectivity index (χ4n) is 3.74. The van der Waals surface area contributed by atoms with Crippen LogP contribution in [0, 0.1) is 19.8 Å². The summed E-state index contributed by atoms with van der Waals surface area (Å²) in [7, 11) is 0. The number of aryl methyl sites for hydroxylation is 2. The molecule has 0 aromatic heterocycles. The minimum absolute atomic E-state index is 0.0802. The fraction of sp³-hybridized carbons (Fsp3) is 0.579. The lowest BCUT2D eigenvalue weighted by Crippen LogP contribution is -2.49. The second kappa shape index (κ2) is 6.46. The van der Waals surface area contributed by atoms with Crippen molar-refractivity contribution in [1.29, 1.82) is 0 Å². The molecule has 1 aliphatic heterocycles. The molecule has 2 fully saturated rings. The standard InChI is InChI=1S/C19H26N2O3/c1-13-4-6-19(7-5-13)17(22)21(18(23)20-19)8-9-24-16-11-14(2)10-15(3)12-16/h10-13H,4-9H2,1-3H3,(H,20,23). The second-order valence-corrected chi connectivity index (χ2v) is 7.32. The summed E-state index contributed by atoms with van der Waals surface area (Å²) in [6.45, 7) is 6.84. The van der Waals surface area contributed by atoms with Crippen LogP contribution in [0.4, 0.5) is 4.79 Å². The van der Waals surface area contributed by atoms with E-state index < -0.39 is 5.54 Å². The Morgan fingerprint density at radius 2 is 1.79 bits per heavy atom. The lowest BCUT2D eigenvalue weighted by Gasteiger charge is -2.33. The maximum Gasteiger partial charge on any atom is 0.325 e. The Bertz CT molecular complexity index is 628. The van der Waals surface area contributed by atoms with Crippen LogP contribution >= 0.6 is 0 Å². The topological polar surface area (TPSA) is 58.6 Å². The lowest BCUT2D eigenvalue weighted by molar-refractivity contribution is -0.132. The Hall–Kier alpha value is -2.04. The van der Waals surface area contributed by atoms with Crippen LogP contribution in [0.25, 0.3) is 0 Å². The molecule has 2 aliphatic rings. The first kappa shape index (κ1) is 16.8. The molecule has 0 unspecified atom stereocenters. The van der Waals surface area contributed by atoms with Gasteiger partial charge in [0, 0.05) is 0 Å². The third kappa shape index (κ3) is 3.25. The van der Waals surface area contributed by atoms with Crippen LogP contribution < -0.4 is 10.1 Å². The van der Waals surface area contributed by atoms with Gasteiger partial charge in [-0.05, 0) is 68.7 Å². The van der Waals surface area contributed by atoms with Crippen LogP contribution in [-0.4, -0.2) is 35.5 Å². The number of benzene rings is 1. The molecule has 1 aromatic rings. The van der Waals surface area contributed by atoms with Crippen LogP contribution in [0.3, 0.4) is 0 Å². The largest absolute Gasteiger partial charge is 0.492 e. The molecule has 3 rings (SSSR count). The number of urea groups is 1. The van der Waals surface area contributed by atoms with Gasteiger partial charge in [0.2, 0.25) is 0 Å². The highest BCUT2D eigenvalue weighted by Crippen LogP contribution is 2.36. The number of nitrogens with one attached hydrogen (secondary N) is 1. The van der Waals surface area contributed by atoms with E-state index in [0.29, 0.717) is 12.5 Å². The zero-order chi connectivity index (χ0) is 17.3. The zero-order valence-electron chi connectivity index (χ0n) is 14.7. The number of hydrogen-bond acceptors (Lipinski definition) is 3. The average Bonchev–Trinajstić information content (AvgIpc) is 2.74. The van der Waals surface area contributed by atoms with E-state index in [9.17, 15) is 9.59 Å². The number of ether oxygens (including phenoxy) is 1. The Labute approximate surface area is 143 Å². The van der Waals surface area contributed by atoms with Crippen molar-refractivity contribution >= 4 is 11.9 Å². The molecule has 5 heteroatoms. The molecule has 0 atom stereocenters. The van der Waals surface area contributed by atoms with E-state index in [-0.39, 0.29) is 18.5 Å². The van der Waals surface area contributed by atoms with Gasteiger partial charge >= 0.3 is 6.03 Å². The van der Waals surface area contributed by atoms with Gasteiger partial charge in [-0.1, -0.05) is 13.0 Å². The fourth-order valence-corrected chi connectivity index (χ4v) is 3.74. The minimum atomic E-state index is -0.663. The van der Waals surface area contributed by atoms with Gasteiger partial charge in [0.05, 0.1) is 6.54 Å². The van der Waals surface area contributed by atoms with Crippen molar-refractivity contribution in [3.05, 3.63) is 29.3 Å². The predicted octanol–water partition coefficient (Wildman–Crippen LogP) is 3.18. The molecule has 130 valence electrons. The smallest absolute Gasteiger partial charge is 0.325 e. The number of nitrogens with zero attached hydrogens (tertiary/aromatic N) is 1. The molecule has 3 amide bonds. The quantitative estimate of drug-likeness (QED) is 0.863. The van der Waals surface area contributed by atoms with Crippen molar-refractivity contribution in [2.45, 2.75) is 52.0 Å². The average molecular weight is 330 g/mol. The van der Waals surface area contributed by atoms with Crippen LogP contribution in [0.15, 0.2) is 18.2 Å². The van der Waals surface area contributed by atoms with Crippen molar-refractivity contribution in [1.82, 2.24) is 10.2 Å². The molecule has 1 aliphatic carbocycles. The summed E-state index contributed by atoms with van der Waals surface area (Å²) < 4.78 is 5.75. The molecule has 1 heterocycles. The van der Waals surface area contributed by atoms with Crippen LogP contribution in [-0.2, 0) is 4.79 Å². The highest BCUT2D eigenvalue weighted by atomic mass is 16.5. The van der Waals surface area contributed by atoms with Gasteiger partial charge in [-0.3, -0.25) is 9.69 Å². The van der Waals surface area contributed by atoms with Gasteiger partial charge in [-0.15, -0.1) is 0 Å². The van der Waals surface area contributed by atoms with Crippen LogP contribution in [0.5, 0.6) is 5.75 Å². The maximum atomic E-state index is 12.7. The van der Waals surface area contributed by atoms with E-state index in [4.69, 9.17) is 4.74 Å². The number of imide groups is 1. The van der Waals surface area contributed by atoms with E-state index in [1.54, 1.807) is 0 Å². The SMILES string of the molecule is Cc1cc(C)cc(OCCN2C(=O)NC3(CCC(C)CC3)C2=O)c1. The number of rotatable bonds is 4. The van der Waals surface area contributed by atoms with Gasteiger partial charge < -0.3 is 10.1 Å². The first-order valence-corrected chi connectivity index (χ1v) is 8.75. The van der Waals surface area contributed by atoms with Crippen LogP contribution in [0.2, 0.25) is 0 Å². The minimum Gasteiger partial charge on any atom is -0.492 e. The first-order chi connectivity index (χ1) is 11.4. The van der Waals surface area contributed by atoms with E-state index in [2.05, 4.69) is 18.3 Å². The second-order valence-electron chi connectivity index (χ2n) is 7.32. The summed E-state index contributed by atoms with van der Waals surface area (Å²) in [5.74, 6) is 1.33. The molecule has 5 nitrogen and oxygen atoms in total.